The molecule has 0 spiro atoms. The highest BCUT2D eigenvalue weighted by molar-refractivity contribution is 5.59. The van der Waals surface area contributed by atoms with Crippen LogP contribution in [-0.4, -0.2) is 27.4 Å². The largest absolute Gasteiger partial charge is 0.497 e. The Labute approximate surface area is 155 Å². The van der Waals surface area contributed by atoms with Gasteiger partial charge in [0.1, 0.15) is 23.1 Å². The van der Waals surface area contributed by atoms with Crippen molar-refractivity contribution >= 4 is 5.82 Å². The van der Waals surface area contributed by atoms with Crippen LogP contribution < -0.4 is 10.1 Å². The highest BCUT2D eigenvalue weighted by Crippen LogP contribution is 2.23. The molecule has 3 heterocycles. The molecule has 27 heavy (non-hydrogen) atoms. The zero-order chi connectivity index (χ0) is 18.6. The van der Waals surface area contributed by atoms with Crippen molar-refractivity contribution < 1.29 is 13.7 Å². The first-order chi connectivity index (χ1) is 13.2. The molecule has 4 aromatic rings. The van der Waals surface area contributed by atoms with Crippen LogP contribution in [0.5, 0.6) is 5.75 Å². The normalized spacial score (nSPS) is 10.7. The summed E-state index contributed by atoms with van der Waals surface area (Å²) in [7, 11) is 1.62. The lowest BCUT2D eigenvalue weighted by Gasteiger charge is -2.02. The van der Waals surface area contributed by atoms with E-state index in [1.165, 1.54) is 0 Å². The van der Waals surface area contributed by atoms with Crippen LogP contribution in [0.15, 0.2) is 57.5 Å². The summed E-state index contributed by atoms with van der Waals surface area (Å²) in [4.78, 5) is 4.38. The van der Waals surface area contributed by atoms with Gasteiger partial charge in [-0.15, -0.1) is 10.2 Å². The van der Waals surface area contributed by atoms with Crippen molar-refractivity contribution in [2.45, 2.75) is 13.5 Å². The summed E-state index contributed by atoms with van der Waals surface area (Å²) < 4.78 is 16.0. The average Bonchev–Trinajstić information content (AvgIpc) is 3.36. The van der Waals surface area contributed by atoms with E-state index in [1.807, 2.05) is 43.3 Å². The molecule has 3 aromatic heterocycles. The van der Waals surface area contributed by atoms with Crippen LogP contribution in [0.4, 0.5) is 5.82 Å². The predicted octanol–water partition coefficient (Wildman–Crippen LogP) is 3.72. The first-order valence-electron chi connectivity index (χ1n) is 8.33. The van der Waals surface area contributed by atoms with Gasteiger partial charge >= 0.3 is 0 Å². The van der Waals surface area contributed by atoms with Crippen molar-refractivity contribution in [1.29, 1.82) is 0 Å². The number of rotatable bonds is 6. The molecule has 0 saturated heterocycles. The summed E-state index contributed by atoms with van der Waals surface area (Å²) in [6.07, 6.45) is 0. The Hall–Kier alpha value is -3.68. The molecule has 0 bridgehead atoms. The van der Waals surface area contributed by atoms with Crippen LogP contribution in [0.1, 0.15) is 11.5 Å². The lowest BCUT2D eigenvalue weighted by molar-refractivity contribution is 0.414. The summed E-state index contributed by atoms with van der Waals surface area (Å²) in [6, 6.07) is 14.8. The number of furan rings is 1. The first-order valence-corrected chi connectivity index (χ1v) is 8.33. The average molecular weight is 363 g/mol. The van der Waals surface area contributed by atoms with E-state index in [1.54, 1.807) is 19.2 Å². The number of ether oxygens (including phenoxy) is 1. The second-order valence-electron chi connectivity index (χ2n) is 5.82. The Kier molecular flexibility index (Phi) is 4.52. The molecular weight excluding hydrogens is 346 g/mol. The zero-order valence-corrected chi connectivity index (χ0v) is 14.8. The molecule has 0 fully saturated rings. The Balaban J connectivity index is 1.45. The Morgan fingerprint density at radius 3 is 2.52 bits per heavy atom. The molecule has 0 atom stereocenters. The van der Waals surface area contributed by atoms with Gasteiger partial charge < -0.3 is 19.0 Å². The molecule has 0 unspecified atom stereocenters. The van der Waals surface area contributed by atoms with Crippen molar-refractivity contribution in [2.24, 2.45) is 0 Å². The van der Waals surface area contributed by atoms with Crippen LogP contribution in [0.25, 0.3) is 23.0 Å². The van der Waals surface area contributed by atoms with E-state index >= 15 is 0 Å². The third-order valence-electron chi connectivity index (χ3n) is 3.90. The molecule has 0 aliphatic carbocycles. The van der Waals surface area contributed by atoms with Gasteiger partial charge in [0.05, 0.1) is 13.7 Å². The molecule has 136 valence electrons. The van der Waals surface area contributed by atoms with Crippen LogP contribution >= 0.6 is 0 Å². The van der Waals surface area contributed by atoms with Crippen molar-refractivity contribution in [1.82, 2.24) is 20.3 Å². The maximum absolute atomic E-state index is 5.51. The molecule has 1 aromatic carbocycles. The van der Waals surface area contributed by atoms with Gasteiger partial charge in [-0.05, 0) is 55.5 Å². The molecule has 0 saturated carbocycles. The monoisotopic (exact) mass is 363 g/mol. The standard InChI is InChI=1S/C19H17N5O3/c1-12-3-6-15(26-12)11-20-17-10-9-16(22-23-17)19-21-18(24-27-19)13-4-7-14(25-2)8-5-13/h3-10H,11H2,1-2H3,(H,20,23). The molecule has 0 radical (unpaired) electrons. The smallest absolute Gasteiger partial charge is 0.278 e. The zero-order valence-electron chi connectivity index (χ0n) is 14.8. The van der Waals surface area contributed by atoms with E-state index < -0.39 is 0 Å². The summed E-state index contributed by atoms with van der Waals surface area (Å²) in [5, 5.41) is 15.4. The second kappa shape index (κ2) is 7.28. The maximum Gasteiger partial charge on any atom is 0.278 e. The summed E-state index contributed by atoms with van der Waals surface area (Å²) in [5.41, 5.74) is 1.33. The minimum absolute atomic E-state index is 0.307. The SMILES string of the molecule is COc1ccc(-c2noc(-c3ccc(NCc4ccc(C)o4)nn3)n2)cc1. The number of nitrogens with zero attached hydrogens (tertiary/aromatic N) is 4. The molecule has 8 heteroatoms. The van der Waals surface area contributed by atoms with Gasteiger partial charge in [-0.25, -0.2) is 0 Å². The van der Waals surface area contributed by atoms with E-state index in [0.29, 0.717) is 29.8 Å². The number of hydrogen-bond acceptors (Lipinski definition) is 8. The fourth-order valence-electron chi connectivity index (χ4n) is 2.48. The molecule has 8 nitrogen and oxygen atoms in total. The van der Waals surface area contributed by atoms with Gasteiger partial charge in [-0.3, -0.25) is 0 Å². The summed E-state index contributed by atoms with van der Waals surface area (Å²) >= 11 is 0. The maximum atomic E-state index is 5.51. The number of nitrogens with one attached hydrogen (secondary N) is 1. The van der Waals surface area contributed by atoms with Crippen LogP contribution in [0, 0.1) is 6.92 Å². The number of anilines is 1. The summed E-state index contributed by atoms with van der Waals surface area (Å²) in [5.74, 6) is 3.88. The topological polar surface area (TPSA) is 99.1 Å². The molecule has 0 aliphatic rings. The third kappa shape index (κ3) is 3.79. The van der Waals surface area contributed by atoms with Crippen LogP contribution in [0.2, 0.25) is 0 Å². The lowest BCUT2D eigenvalue weighted by atomic mass is 10.2. The summed E-state index contributed by atoms with van der Waals surface area (Å²) in [6.45, 7) is 2.44. The lowest BCUT2D eigenvalue weighted by Crippen LogP contribution is -2.01. The van der Waals surface area contributed by atoms with E-state index in [-0.39, 0.29) is 0 Å². The molecular formula is C19H17N5O3. The van der Waals surface area contributed by atoms with E-state index in [4.69, 9.17) is 13.7 Å². The highest BCUT2D eigenvalue weighted by atomic mass is 16.5. The second-order valence-corrected chi connectivity index (χ2v) is 5.82. The van der Waals surface area contributed by atoms with Gasteiger partial charge in [0.2, 0.25) is 5.82 Å². The highest BCUT2D eigenvalue weighted by Gasteiger charge is 2.12. The van der Waals surface area contributed by atoms with Gasteiger partial charge in [0.25, 0.3) is 5.89 Å². The number of methoxy groups -OCH3 is 1. The number of hydrogen-bond donors (Lipinski definition) is 1. The Morgan fingerprint density at radius 2 is 1.85 bits per heavy atom. The third-order valence-corrected chi connectivity index (χ3v) is 3.90. The Bertz CT molecular complexity index is 1020. The fraction of sp³-hybridized carbons (Fsp3) is 0.158. The molecule has 1 N–H and O–H groups in total. The fourth-order valence-corrected chi connectivity index (χ4v) is 2.48. The van der Waals surface area contributed by atoms with Crippen LogP contribution in [-0.2, 0) is 6.54 Å². The van der Waals surface area contributed by atoms with Crippen LogP contribution in [0.3, 0.4) is 0 Å². The molecule has 0 aliphatic heterocycles. The predicted molar refractivity (Wildman–Crippen MR) is 98.1 cm³/mol. The van der Waals surface area contributed by atoms with E-state index in [2.05, 4.69) is 25.7 Å². The Morgan fingerprint density at radius 1 is 1.00 bits per heavy atom. The number of benzene rings is 1. The van der Waals surface area contributed by atoms with Gasteiger partial charge in [0, 0.05) is 5.56 Å². The molecule has 0 amide bonds. The van der Waals surface area contributed by atoms with Gasteiger partial charge in [0.15, 0.2) is 5.69 Å². The van der Waals surface area contributed by atoms with E-state index in [0.717, 1.165) is 22.8 Å². The quantitative estimate of drug-likeness (QED) is 0.553. The van der Waals surface area contributed by atoms with E-state index in [9.17, 15) is 0 Å². The minimum atomic E-state index is 0.307. The van der Waals surface area contributed by atoms with Crippen molar-refractivity contribution in [3.63, 3.8) is 0 Å². The van der Waals surface area contributed by atoms with Crippen molar-refractivity contribution in [3.8, 4) is 28.7 Å². The van der Waals surface area contributed by atoms with Crippen molar-refractivity contribution in [3.05, 3.63) is 60.1 Å². The minimum Gasteiger partial charge on any atom is -0.497 e. The van der Waals surface area contributed by atoms with Gasteiger partial charge in [-0.2, -0.15) is 4.98 Å². The number of aromatic nitrogens is 4. The number of aryl methyl sites for hydroxylation is 1. The van der Waals surface area contributed by atoms with Gasteiger partial charge in [-0.1, -0.05) is 5.16 Å². The first kappa shape index (κ1) is 16.8. The van der Waals surface area contributed by atoms with Crippen molar-refractivity contribution in [2.75, 3.05) is 12.4 Å². The molecule has 4 rings (SSSR count).